The fourth-order valence-electron chi connectivity index (χ4n) is 1.73. The Morgan fingerprint density at radius 2 is 2.00 bits per heavy atom. The third-order valence-corrected chi connectivity index (χ3v) is 2.67. The smallest absolute Gasteiger partial charge is 0.309 e. The van der Waals surface area contributed by atoms with Crippen molar-refractivity contribution >= 4 is 5.97 Å². The lowest BCUT2D eigenvalue weighted by molar-refractivity contribution is -0.143. The zero-order valence-corrected chi connectivity index (χ0v) is 10.8. The van der Waals surface area contributed by atoms with Crippen LogP contribution in [-0.2, 0) is 16.0 Å². The van der Waals surface area contributed by atoms with Crippen LogP contribution in [0.4, 0.5) is 0 Å². The van der Waals surface area contributed by atoms with Crippen molar-refractivity contribution in [1.29, 1.82) is 0 Å². The van der Waals surface area contributed by atoms with E-state index in [0.717, 1.165) is 5.56 Å². The largest absolute Gasteiger partial charge is 0.497 e. The molecule has 1 unspecified atom stereocenters. The predicted molar refractivity (Wildman–Crippen MR) is 66.3 cm³/mol. The lowest BCUT2D eigenvalue weighted by atomic mass is 9.99. The van der Waals surface area contributed by atoms with Crippen LogP contribution in [0.25, 0.3) is 0 Å². The summed E-state index contributed by atoms with van der Waals surface area (Å²) in [5, 5.41) is 9.10. The van der Waals surface area contributed by atoms with Gasteiger partial charge in [0.15, 0.2) is 0 Å². The Kier molecular flexibility index (Phi) is 5.45. The van der Waals surface area contributed by atoms with Gasteiger partial charge in [0.25, 0.3) is 0 Å². The molecule has 1 N–H and O–H groups in total. The molecule has 0 saturated heterocycles. The van der Waals surface area contributed by atoms with Gasteiger partial charge in [-0.2, -0.15) is 0 Å². The molecular weight excluding hydrogens is 236 g/mol. The molecule has 0 aliphatic heterocycles. The summed E-state index contributed by atoms with van der Waals surface area (Å²) in [4.78, 5) is 11.1. The minimum absolute atomic E-state index is 0.162. The van der Waals surface area contributed by atoms with E-state index in [1.165, 1.54) is 7.11 Å². The summed E-state index contributed by atoms with van der Waals surface area (Å²) < 4.78 is 15.3. The Balaban J connectivity index is 2.95. The van der Waals surface area contributed by atoms with Gasteiger partial charge in [-0.1, -0.05) is 0 Å². The number of hydrogen-bond donors (Lipinski definition) is 1. The normalized spacial score (nSPS) is 11.9. The SMILES string of the molecule is COCC(Cc1cc(OC)ccc1OC)C(=O)O. The molecule has 0 aliphatic carbocycles. The van der Waals surface area contributed by atoms with E-state index in [0.29, 0.717) is 17.9 Å². The Labute approximate surface area is 106 Å². The zero-order valence-electron chi connectivity index (χ0n) is 10.8. The highest BCUT2D eigenvalue weighted by atomic mass is 16.5. The highest BCUT2D eigenvalue weighted by Gasteiger charge is 2.20. The van der Waals surface area contributed by atoms with Gasteiger partial charge in [0.2, 0.25) is 0 Å². The van der Waals surface area contributed by atoms with Crippen molar-refractivity contribution in [2.45, 2.75) is 6.42 Å². The van der Waals surface area contributed by atoms with E-state index in [1.807, 2.05) is 0 Å². The number of carboxylic acids is 1. The summed E-state index contributed by atoms with van der Waals surface area (Å²) in [7, 11) is 4.60. The van der Waals surface area contributed by atoms with Crippen molar-refractivity contribution in [3.63, 3.8) is 0 Å². The monoisotopic (exact) mass is 254 g/mol. The molecule has 0 amide bonds. The van der Waals surface area contributed by atoms with Crippen LogP contribution in [0.1, 0.15) is 5.56 Å². The average molecular weight is 254 g/mol. The molecule has 0 spiro atoms. The summed E-state index contributed by atoms with van der Waals surface area (Å²) in [5.41, 5.74) is 0.793. The Hall–Kier alpha value is -1.75. The molecule has 5 heteroatoms. The second kappa shape index (κ2) is 6.86. The number of carbonyl (C=O) groups is 1. The Morgan fingerprint density at radius 1 is 1.28 bits per heavy atom. The topological polar surface area (TPSA) is 65.0 Å². The molecule has 0 aliphatic rings. The van der Waals surface area contributed by atoms with E-state index in [1.54, 1.807) is 32.4 Å². The first-order valence-corrected chi connectivity index (χ1v) is 5.55. The summed E-state index contributed by atoms with van der Waals surface area (Å²) in [5.74, 6) is -0.164. The highest BCUT2D eigenvalue weighted by Crippen LogP contribution is 2.26. The number of ether oxygens (including phenoxy) is 3. The lowest BCUT2D eigenvalue weighted by Crippen LogP contribution is -2.21. The molecule has 0 fully saturated rings. The van der Waals surface area contributed by atoms with Crippen LogP contribution in [-0.4, -0.2) is 39.0 Å². The van der Waals surface area contributed by atoms with Crippen molar-refractivity contribution in [1.82, 2.24) is 0 Å². The summed E-state index contributed by atoms with van der Waals surface area (Å²) in [6.45, 7) is 0.162. The van der Waals surface area contributed by atoms with Crippen molar-refractivity contribution in [3.8, 4) is 11.5 Å². The van der Waals surface area contributed by atoms with Crippen LogP contribution in [0.3, 0.4) is 0 Å². The molecule has 18 heavy (non-hydrogen) atoms. The predicted octanol–water partition coefficient (Wildman–Crippen LogP) is 1.59. The molecule has 5 nitrogen and oxygen atoms in total. The first-order chi connectivity index (χ1) is 8.62. The van der Waals surface area contributed by atoms with Gasteiger partial charge >= 0.3 is 5.97 Å². The Morgan fingerprint density at radius 3 is 2.50 bits per heavy atom. The maximum atomic E-state index is 11.1. The number of carboxylic acid groups (broad SMARTS) is 1. The van der Waals surface area contributed by atoms with Crippen molar-refractivity contribution in [2.24, 2.45) is 5.92 Å². The van der Waals surface area contributed by atoms with Crippen LogP contribution >= 0.6 is 0 Å². The van der Waals surface area contributed by atoms with Crippen molar-refractivity contribution in [2.75, 3.05) is 27.9 Å². The number of rotatable bonds is 7. The summed E-state index contributed by atoms with van der Waals surface area (Å²) in [6, 6.07) is 5.32. The second-order valence-electron chi connectivity index (χ2n) is 3.87. The molecule has 1 aromatic carbocycles. The number of hydrogen-bond acceptors (Lipinski definition) is 4. The van der Waals surface area contributed by atoms with Crippen molar-refractivity contribution in [3.05, 3.63) is 23.8 Å². The van der Waals surface area contributed by atoms with Gasteiger partial charge in [0.05, 0.1) is 26.7 Å². The number of methoxy groups -OCH3 is 3. The fraction of sp³-hybridized carbons (Fsp3) is 0.462. The third-order valence-electron chi connectivity index (χ3n) is 2.67. The van der Waals surface area contributed by atoms with Crippen LogP contribution in [0, 0.1) is 5.92 Å². The van der Waals surface area contributed by atoms with Crippen LogP contribution in [0.2, 0.25) is 0 Å². The van der Waals surface area contributed by atoms with E-state index >= 15 is 0 Å². The van der Waals surface area contributed by atoms with Gasteiger partial charge in [0.1, 0.15) is 11.5 Å². The van der Waals surface area contributed by atoms with Gasteiger partial charge < -0.3 is 19.3 Å². The van der Waals surface area contributed by atoms with Crippen molar-refractivity contribution < 1.29 is 24.1 Å². The van der Waals surface area contributed by atoms with Gasteiger partial charge in [-0.25, -0.2) is 0 Å². The van der Waals surface area contributed by atoms with E-state index in [2.05, 4.69) is 0 Å². The first kappa shape index (κ1) is 14.3. The molecule has 100 valence electrons. The minimum atomic E-state index is -0.887. The van der Waals surface area contributed by atoms with E-state index in [-0.39, 0.29) is 6.61 Å². The molecule has 0 aromatic heterocycles. The standard InChI is InChI=1S/C13H18O5/c1-16-8-10(13(14)15)6-9-7-11(17-2)4-5-12(9)18-3/h4-5,7,10H,6,8H2,1-3H3,(H,14,15). The maximum absolute atomic E-state index is 11.1. The zero-order chi connectivity index (χ0) is 13.5. The fourth-order valence-corrected chi connectivity index (χ4v) is 1.73. The van der Waals surface area contributed by atoms with Gasteiger partial charge in [0, 0.05) is 7.11 Å². The molecule has 0 radical (unpaired) electrons. The first-order valence-electron chi connectivity index (χ1n) is 5.55. The van der Waals surface area contributed by atoms with Crippen LogP contribution < -0.4 is 9.47 Å². The third kappa shape index (κ3) is 3.63. The van der Waals surface area contributed by atoms with Crippen LogP contribution in [0.15, 0.2) is 18.2 Å². The van der Waals surface area contributed by atoms with E-state index in [9.17, 15) is 4.79 Å². The Bertz CT molecular complexity index is 402. The average Bonchev–Trinajstić information content (AvgIpc) is 2.37. The molecule has 0 heterocycles. The van der Waals surface area contributed by atoms with Gasteiger partial charge in [-0.3, -0.25) is 4.79 Å². The van der Waals surface area contributed by atoms with Gasteiger partial charge in [-0.05, 0) is 30.2 Å². The number of aliphatic carboxylic acids is 1. The lowest BCUT2D eigenvalue weighted by Gasteiger charge is -2.14. The quantitative estimate of drug-likeness (QED) is 0.800. The van der Waals surface area contributed by atoms with Crippen LogP contribution in [0.5, 0.6) is 11.5 Å². The highest BCUT2D eigenvalue weighted by molar-refractivity contribution is 5.70. The van der Waals surface area contributed by atoms with E-state index in [4.69, 9.17) is 19.3 Å². The minimum Gasteiger partial charge on any atom is -0.497 e. The summed E-state index contributed by atoms with van der Waals surface area (Å²) >= 11 is 0. The van der Waals surface area contributed by atoms with Gasteiger partial charge in [-0.15, -0.1) is 0 Å². The molecular formula is C13H18O5. The molecule has 1 rings (SSSR count). The number of benzene rings is 1. The maximum Gasteiger partial charge on any atom is 0.309 e. The second-order valence-corrected chi connectivity index (χ2v) is 3.87. The molecule has 1 aromatic rings. The summed E-state index contributed by atoms with van der Waals surface area (Å²) in [6.07, 6.45) is 0.337. The molecule has 0 bridgehead atoms. The molecule has 1 atom stereocenters. The molecule has 0 saturated carbocycles. The van der Waals surface area contributed by atoms with E-state index < -0.39 is 11.9 Å².